The van der Waals surface area contributed by atoms with Crippen LogP contribution in [0.25, 0.3) is 0 Å². The fourth-order valence-electron chi connectivity index (χ4n) is 1.48. The second-order valence-corrected chi connectivity index (χ2v) is 3.92. The van der Waals surface area contributed by atoms with Crippen LogP contribution in [0.4, 0.5) is 0 Å². The molecular weight excluding hydrogens is 270 g/mol. The average Bonchev–Trinajstić information content (AvgIpc) is 2.37. The smallest absolute Gasteiger partial charge is 0.322 e. The molecule has 108 valence electrons. The number of phenolic OH excluding ortho intramolecular Hbond substituents is 1. The minimum Gasteiger partial charge on any atom is -0.508 e. The van der Waals surface area contributed by atoms with E-state index in [2.05, 4.69) is 5.32 Å². The van der Waals surface area contributed by atoms with E-state index in [1.54, 1.807) is 0 Å². The van der Waals surface area contributed by atoms with Crippen molar-refractivity contribution < 1.29 is 24.8 Å². The van der Waals surface area contributed by atoms with Crippen LogP contribution in [-0.2, 0) is 16.0 Å². The van der Waals surface area contributed by atoms with Crippen LogP contribution in [0.3, 0.4) is 0 Å². The van der Waals surface area contributed by atoms with Crippen LogP contribution in [0.2, 0.25) is 0 Å². The monoisotopic (exact) mass is 283 g/mol. The molecule has 1 rings (SSSR count). The van der Waals surface area contributed by atoms with Crippen LogP contribution in [0.1, 0.15) is 5.56 Å². The molecule has 0 radical (unpaired) electrons. The lowest BCUT2D eigenvalue weighted by molar-refractivity contribution is -0.548. The molecule has 9 heteroatoms. The molecular formula is C11H13N3O6. The Bertz CT molecular complexity index is 501. The summed E-state index contributed by atoms with van der Waals surface area (Å²) in [6.07, 6.45) is -0.0211. The van der Waals surface area contributed by atoms with Crippen molar-refractivity contribution >= 4 is 11.9 Å². The van der Waals surface area contributed by atoms with Gasteiger partial charge in [-0.15, -0.1) is 5.43 Å². The third-order valence-corrected chi connectivity index (χ3v) is 2.37. The van der Waals surface area contributed by atoms with Gasteiger partial charge in [0.2, 0.25) is 5.91 Å². The molecule has 1 amide bonds. The summed E-state index contributed by atoms with van der Waals surface area (Å²) in [5.74, 6) is -2.01. The first-order chi connectivity index (χ1) is 9.38. The van der Waals surface area contributed by atoms with E-state index in [1.165, 1.54) is 24.3 Å². The Hall–Kier alpha value is -2.84. The lowest BCUT2D eigenvalue weighted by Crippen LogP contribution is -2.48. The number of carbonyl (C=O) groups is 2. The van der Waals surface area contributed by atoms with Gasteiger partial charge < -0.3 is 15.5 Å². The fourth-order valence-corrected chi connectivity index (χ4v) is 1.48. The van der Waals surface area contributed by atoms with Gasteiger partial charge in [0.1, 0.15) is 12.3 Å². The van der Waals surface area contributed by atoms with Crippen molar-refractivity contribution in [3.8, 4) is 5.75 Å². The van der Waals surface area contributed by atoms with Gasteiger partial charge in [0, 0.05) is 6.42 Å². The maximum absolute atomic E-state index is 11.7. The van der Waals surface area contributed by atoms with Gasteiger partial charge in [0.05, 0.1) is 0 Å². The number of aromatic hydroxyl groups is 1. The average molecular weight is 283 g/mol. The molecule has 9 nitrogen and oxygen atoms in total. The summed E-state index contributed by atoms with van der Waals surface area (Å²) in [4.78, 5) is 32.5. The third-order valence-electron chi connectivity index (χ3n) is 2.37. The maximum atomic E-state index is 11.7. The van der Waals surface area contributed by atoms with Crippen molar-refractivity contribution in [3.05, 3.63) is 39.9 Å². The number of nitrogens with zero attached hydrogens (tertiary/aromatic N) is 1. The molecule has 4 N–H and O–H groups in total. The lowest BCUT2D eigenvalue weighted by Gasteiger charge is -2.13. The van der Waals surface area contributed by atoms with Crippen LogP contribution in [0.5, 0.6) is 5.75 Å². The standard InChI is InChI=1S/C11H13N3O6/c15-8-3-1-7(2-4-8)5-9(13-14(19)20)11(18)12-6-10(16)17/h1-4,9,13,15H,5-6H2,(H,12,18)(H,16,17)/t9-/m0/s1. The second kappa shape index (κ2) is 6.92. The van der Waals surface area contributed by atoms with Crippen LogP contribution in [0.15, 0.2) is 24.3 Å². The number of carbonyl (C=O) groups excluding carboxylic acids is 1. The Morgan fingerprint density at radius 1 is 1.30 bits per heavy atom. The van der Waals surface area contributed by atoms with Crippen molar-refractivity contribution in [1.29, 1.82) is 0 Å². The van der Waals surface area contributed by atoms with Crippen LogP contribution in [-0.4, -0.2) is 39.7 Å². The quantitative estimate of drug-likeness (QED) is 0.382. The van der Waals surface area contributed by atoms with Gasteiger partial charge in [-0.05, 0) is 17.7 Å². The number of hydrogen-bond acceptors (Lipinski definition) is 5. The highest BCUT2D eigenvalue weighted by Gasteiger charge is 2.23. The van der Waals surface area contributed by atoms with E-state index < -0.39 is 29.5 Å². The molecule has 0 spiro atoms. The molecule has 20 heavy (non-hydrogen) atoms. The van der Waals surface area contributed by atoms with Gasteiger partial charge in [-0.25, -0.2) is 10.1 Å². The number of amides is 1. The van der Waals surface area contributed by atoms with Gasteiger partial charge in [-0.1, -0.05) is 12.1 Å². The van der Waals surface area contributed by atoms with E-state index in [9.17, 15) is 19.7 Å². The van der Waals surface area contributed by atoms with Crippen LogP contribution >= 0.6 is 0 Å². The number of hydrazine groups is 1. The number of benzene rings is 1. The number of aliphatic carboxylic acids is 1. The Morgan fingerprint density at radius 3 is 2.40 bits per heavy atom. The Morgan fingerprint density at radius 2 is 1.90 bits per heavy atom. The summed E-state index contributed by atoms with van der Waals surface area (Å²) in [5.41, 5.74) is 2.40. The molecule has 0 fully saturated rings. The molecule has 0 saturated heterocycles. The zero-order chi connectivity index (χ0) is 15.1. The van der Waals surface area contributed by atoms with Gasteiger partial charge in [-0.2, -0.15) is 0 Å². The largest absolute Gasteiger partial charge is 0.508 e. The predicted molar refractivity (Wildman–Crippen MR) is 66.4 cm³/mol. The van der Waals surface area contributed by atoms with E-state index in [0.717, 1.165) is 0 Å². The first kappa shape index (κ1) is 15.2. The third kappa shape index (κ3) is 5.21. The van der Waals surface area contributed by atoms with E-state index in [1.807, 2.05) is 5.43 Å². The normalized spacial score (nSPS) is 11.4. The molecule has 0 aliphatic carbocycles. The van der Waals surface area contributed by atoms with Crippen molar-refractivity contribution in [2.75, 3.05) is 6.54 Å². The topological polar surface area (TPSA) is 142 Å². The van der Waals surface area contributed by atoms with Crippen molar-refractivity contribution in [2.24, 2.45) is 0 Å². The lowest BCUT2D eigenvalue weighted by atomic mass is 10.1. The molecule has 0 saturated carbocycles. The number of hydrogen-bond donors (Lipinski definition) is 4. The molecule has 0 aromatic heterocycles. The molecule has 0 bridgehead atoms. The maximum Gasteiger partial charge on any atom is 0.322 e. The summed E-state index contributed by atoms with van der Waals surface area (Å²) in [6.45, 7) is -0.621. The van der Waals surface area contributed by atoms with Crippen molar-refractivity contribution in [3.63, 3.8) is 0 Å². The van der Waals surface area contributed by atoms with E-state index >= 15 is 0 Å². The number of phenols is 1. The van der Waals surface area contributed by atoms with Crippen molar-refractivity contribution in [1.82, 2.24) is 10.7 Å². The predicted octanol–water partition coefficient (Wildman–Crippen LogP) is -0.715. The molecule has 0 aliphatic rings. The van der Waals surface area contributed by atoms with Crippen LogP contribution < -0.4 is 10.7 Å². The summed E-state index contributed by atoms with van der Waals surface area (Å²) in [6, 6.07) is 4.57. The highest BCUT2D eigenvalue weighted by Crippen LogP contribution is 2.11. The van der Waals surface area contributed by atoms with E-state index in [0.29, 0.717) is 5.56 Å². The summed E-state index contributed by atoms with van der Waals surface area (Å²) >= 11 is 0. The van der Waals surface area contributed by atoms with Gasteiger partial charge >= 0.3 is 5.97 Å². The van der Waals surface area contributed by atoms with E-state index in [4.69, 9.17) is 10.2 Å². The first-order valence-corrected chi connectivity index (χ1v) is 5.56. The summed E-state index contributed by atoms with van der Waals surface area (Å²) < 4.78 is 0. The summed E-state index contributed by atoms with van der Waals surface area (Å²) in [7, 11) is 0. The SMILES string of the molecule is O=C(O)CNC(=O)[C@H](Cc1ccc(O)cc1)N[N+](=O)[O-]. The van der Waals surface area contributed by atoms with Gasteiger partial charge in [0.25, 0.3) is 0 Å². The number of nitrogens with one attached hydrogen (secondary N) is 2. The highest BCUT2D eigenvalue weighted by molar-refractivity contribution is 5.85. The molecule has 1 aromatic carbocycles. The highest BCUT2D eigenvalue weighted by atomic mass is 16.7. The van der Waals surface area contributed by atoms with Gasteiger partial charge in [-0.3, -0.25) is 9.59 Å². The Balaban J connectivity index is 2.72. The first-order valence-electron chi connectivity index (χ1n) is 5.56. The van der Waals surface area contributed by atoms with Gasteiger partial charge in [0.15, 0.2) is 11.1 Å². The second-order valence-electron chi connectivity index (χ2n) is 3.92. The van der Waals surface area contributed by atoms with E-state index in [-0.39, 0.29) is 12.2 Å². The zero-order valence-electron chi connectivity index (χ0n) is 10.3. The van der Waals surface area contributed by atoms with Crippen LogP contribution in [0, 0.1) is 10.1 Å². The Labute approximate surface area is 113 Å². The van der Waals surface area contributed by atoms with Crippen molar-refractivity contribution in [2.45, 2.75) is 12.5 Å². The molecule has 0 unspecified atom stereocenters. The number of rotatable bonds is 7. The molecule has 0 heterocycles. The number of nitro groups is 1. The molecule has 1 atom stereocenters. The zero-order valence-corrected chi connectivity index (χ0v) is 10.3. The minimum absolute atomic E-state index is 0.0211. The minimum atomic E-state index is -1.25. The molecule has 0 aliphatic heterocycles. The molecule has 1 aromatic rings. The number of carboxylic acids is 1. The Kier molecular flexibility index (Phi) is 5.27. The summed E-state index contributed by atoms with van der Waals surface area (Å²) in [5, 5.41) is 29.2. The fraction of sp³-hybridized carbons (Fsp3) is 0.273. The number of carboxylic acid groups (broad SMARTS) is 1.